The van der Waals surface area contributed by atoms with Gasteiger partial charge in [-0.15, -0.1) is 0 Å². The first kappa shape index (κ1) is 16.4. The van der Waals surface area contributed by atoms with E-state index in [9.17, 15) is 9.59 Å². The summed E-state index contributed by atoms with van der Waals surface area (Å²) in [5.41, 5.74) is 6.99. The van der Waals surface area contributed by atoms with E-state index in [-0.39, 0.29) is 30.6 Å². The second-order valence-electron chi connectivity index (χ2n) is 6.01. The van der Waals surface area contributed by atoms with Gasteiger partial charge >= 0.3 is 5.97 Å². The average Bonchev–Trinajstić information content (AvgIpc) is 3.08. The van der Waals surface area contributed by atoms with Crippen molar-refractivity contribution in [3.05, 3.63) is 23.8 Å². The lowest BCUT2D eigenvalue weighted by Crippen LogP contribution is -2.41. The van der Waals surface area contributed by atoms with E-state index < -0.39 is 0 Å². The fourth-order valence-corrected chi connectivity index (χ4v) is 3.07. The number of amides is 1. The molecule has 1 aromatic heterocycles. The summed E-state index contributed by atoms with van der Waals surface area (Å²) < 4.78 is 9.91. The van der Waals surface area contributed by atoms with Gasteiger partial charge in [0.1, 0.15) is 17.1 Å². The molecular weight excluding hydrogens is 312 g/mol. The van der Waals surface area contributed by atoms with Crippen molar-refractivity contribution in [3.8, 4) is 0 Å². The first-order valence-corrected chi connectivity index (χ1v) is 7.97. The van der Waals surface area contributed by atoms with Crippen LogP contribution in [0.2, 0.25) is 0 Å². The Balaban J connectivity index is 1.61. The highest BCUT2D eigenvalue weighted by atomic mass is 16.6. The number of hydrogen-bond donors (Lipinski definition) is 1. The molecule has 1 aromatic carbocycles. The molecule has 1 amide bonds. The van der Waals surface area contributed by atoms with Crippen LogP contribution in [0.15, 0.2) is 22.8 Å². The van der Waals surface area contributed by atoms with Gasteiger partial charge in [0.05, 0.1) is 6.54 Å². The predicted molar refractivity (Wildman–Crippen MR) is 85.1 cm³/mol. The Bertz CT molecular complexity index is 737. The molecule has 0 radical (unpaired) electrons. The van der Waals surface area contributed by atoms with Crippen LogP contribution in [-0.4, -0.2) is 52.8 Å². The lowest BCUT2D eigenvalue weighted by atomic mass is 9.91. The van der Waals surface area contributed by atoms with Crippen LogP contribution in [-0.2, 0) is 9.53 Å². The Labute approximate surface area is 138 Å². The summed E-state index contributed by atoms with van der Waals surface area (Å²) >= 11 is 0. The summed E-state index contributed by atoms with van der Waals surface area (Å²) in [5, 5.41) is 7.50. The number of aromatic nitrogens is 2. The van der Waals surface area contributed by atoms with Crippen molar-refractivity contribution in [1.82, 2.24) is 15.2 Å². The van der Waals surface area contributed by atoms with Crippen molar-refractivity contribution in [2.75, 3.05) is 13.6 Å². The van der Waals surface area contributed by atoms with Crippen LogP contribution in [0.5, 0.6) is 0 Å². The molecule has 2 N–H and O–H groups in total. The van der Waals surface area contributed by atoms with Crippen LogP contribution in [0.25, 0.3) is 11.0 Å². The molecule has 0 saturated heterocycles. The van der Waals surface area contributed by atoms with Crippen molar-refractivity contribution < 1.29 is 19.0 Å². The Morgan fingerprint density at radius 1 is 1.25 bits per heavy atom. The Morgan fingerprint density at radius 3 is 2.67 bits per heavy atom. The van der Waals surface area contributed by atoms with Gasteiger partial charge in [-0.05, 0) is 54.2 Å². The van der Waals surface area contributed by atoms with Crippen molar-refractivity contribution in [3.63, 3.8) is 0 Å². The van der Waals surface area contributed by atoms with E-state index in [1.807, 2.05) is 0 Å². The maximum Gasteiger partial charge on any atom is 0.319 e. The van der Waals surface area contributed by atoms with E-state index in [4.69, 9.17) is 10.5 Å². The molecule has 24 heavy (non-hydrogen) atoms. The summed E-state index contributed by atoms with van der Waals surface area (Å²) in [6, 6.07) is 5.24. The molecule has 0 bridgehead atoms. The Kier molecular flexibility index (Phi) is 4.75. The van der Waals surface area contributed by atoms with Gasteiger partial charge in [0.15, 0.2) is 0 Å². The van der Waals surface area contributed by atoms with E-state index in [1.165, 1.54) is 0 Å². The Morgan fingerprint density at radius 2 is 1.96 bits per heavy atom. The van der Waals surface area contributed by atoms with E-state index in [0.29, 0.717) is 16.6 Å². The van der Waals surface area contributed by atoms with Crippen LogP contribution < -0.4 is 5.73 Å². The van der Waals surface area contributed by atoms with Gasteiger partial charge in [0.25, 0.3) is 5.91 Å². The van der Waals surface area contributed by atoms with Crippen LogP contribution in [0.3, 0.4) is 0 Å². The standard InChI is InChI=1S/C16H20N4O4/c1-20(11-3-5-12(6-4-11)23-15(21)9-17)16(22)10-2-7-13-14(8-10)19-24-18-13/h2,7-8,11-12H,3-6,9,17H2,1H3/t11-,12-. The molecule has 128 valence electrons. The lowest BCUT2D eigenvalue weighted by molar-refractivity contribution is -0.149. The van der Waals surface area contributed by atoms with Crippen LogP contribution in [0.1, 0.15) is 36.0 Å². The van der Waals surface area contributed by atoms with Crippen LogP contribution >= 0.6 is 0 Å². The lowest BCUT2D eigenvalue weighted by Gasteiger charge is -2.34. The zero-order chi connectivity index (χ0) is 17.1. The number of ether oxygens (including phenoxy) is 1. The molecule has 8 nitrogen and oxygen atoms in total. The van der Waals surface area contributed by atoms with E-state index >= 15 is 0 Å². The molecular formula is C16H20N4O4. The fraction of sp³-hybridized carbons (Fsp3) is 0.500. The van der Waals surface area contributed by atoms with E-state index in [2.05, 4.69) is 14.9 Å². The smallest absolute Gasteiger partial charge is 0.319 e. The molecule has 1 aliphatic rings. The number of nitrogens with two attached hydrogens (primary N) is 1. The Hall–Kier alpha value is -2.48. The minimum absolute atomic E-state index is 0.0673. The maximum atomic E-state index is 12.7. The van der Waals surface area contributed by atoms with Gasteiger partial charge < -0.3 is 15.4 Å². The minimum Gasteiger partial charge on any atom is -0.461 e. The second-order valence-corrected chi connectivity index (χ2v) is 6.01. The van der Waals surface area contributed by atoms with Crippen LogP contribution in [0.4, 0.5) is 0 Å². The fourth-order valence-electron chi connectivity index (χ4n) is 3.07. The number of benzene rings is 1. The second kappa shape index (κ2) is 6.96. The van der Waals surface area contributed by atoms with E-state index in [0.717, 1.165) is 25.7 Å². The van der Waals surface area contributed by atoms with Gasteiger partial charge in [-0.25, -0.2) is 4.63 Å². The summed E-state index contributed by atoms with van der Waals surface area (Å²) in [6.45, 7) is -0.0995. The van der Waals surface area contributed by atoms with Gasteiger partial charge in [-0.3, -0.25) is 9.59 Å². The average molecular weight is 332 g/mol. The van der Waals surface area contributed by atoms with Crippen molar-refractivity contribution in [2.45, 2.75) is 37.8 Å². The zero-order valence-electron chi connectivity index (χ0n) is 13.5. The molecule has 1 fully saturated rings. The summed E-state index contributed by atoms with van der Waals surface area (Å²) in [7, 11) is 1.80. The normalized spacial score (nSPS) is 20.8. The third-order valence-corrected chi connectivity index (χ3v) is 4.48. The molecule has 2 aromatic rings. The number of hydrogen-bond acceptors (Lipinski definition) is 7. The van der Waals surface area contributed by atoms with Gasteiger partial charge in [0.2, 0.25) is 0 Å². The molecule has 1 heterocycles. The maximum absolute atomic E-state index is 12.7. The predicted octanol–water partition coefficient (Wildman–Crippen LogP) is 1.11. The highest BCUT2D eigenvalue weighted by molar-refractivity contribution is 5.97. The SMILES string of the molecule is CN(C(=O)c1ccc2nonc2c1)[C@H]1CC[C@H](OC(=O)CN)CC1. The number of carbonyl (C=O) groups is 2. The molecule has 8 heteroatoms. The molecule has 1 saturated carbocycles. The molecule has 0 aliphatic heterocycles. The monoisotopic (exact) mass is 332 g/mol. The van der Waals surface area contributed by atoms with Crippen molar-refractivity contribution >= 4 is 22.9 Å². The number of nitrogens with zero attached hydrogens (tertiary/aromatic N) is 3. The van der Waals surface area contributed by atoms with Gasteiger partial charge in [-0.2, -0.15) is 0 Å². The summed E-state index contributed by atoms with van der Waals surface area (Å²) in [6.07, 6.45) is 2.95. The largest absolute Gasteiger partial charge is 0.461 e. The van der Waals surface area contributed by atoms with Crippen molar-refractivity contribution in [2.24, 2.45) is 5.73 Å². The first-order chi connectivity index (χ1) is 11.6. The number of esters is 1. The number of rotatable bonds is 4. The number of fused-ring (bicyclic) bond motifs is 1. The van der Waals surface area contributed by atoms with Crippen LogP contribution in [0, 0.1) is 0 Å². The summed E-state index contributed by atoms with van der Waals surface area (Å²) in [5.74, 6) is -0.445. The van der Waals surface area contributed by atoms with Gasteiger partial charge in [0, 0.05) is 18.7 Å². The van der Waals surface area contributed by atoms with Gasteiger partial charge in [-0.1, -0.05) is 0 Å². The highest BCUT2D eigenvalue weighted by Crippen LogP contribution is 2.26. The minimum atomic E-state index is -0.377. The quantitative estimate of drug-likeness (QED) is 0.835. The van der Waals surface area contributed by atoms with Crippen molar-refractivity contribution in [1.29, 1.82) is 0 Å². The summed E-state index contributed by atoms with van der Waals surface area (Å²) in [4.78, 5) is 25.6. The molecule has 0 atom stereocenters. The topological polar surface area (TPSA) is 112 Å². The highest BCUT2D eigenvalue weighted by Gasteiger charge is 2.28. The number of carbonyl (C=O) groups excluding carboxylic acids is 2. The third-order valence-electron chi connectivity index (χ3n) is 4.48. The molecule has 1 aliphatic carbocycles. The van der Waals surface area contributed by atoms with E-state index in [1.54, 1.807) is 30.1 Å². The first-order valence-electron chi connectivity index (χ1n) is 7.97. The molecule has 0 unspecified atom stereocenters. The molecule has 3 rings (SSSR count). The molecule has 0 spiro atoms. The zero-order valence-corrected chi connectivity index (χ0v) is 13.5. The third kappa shape index (κ3) is 3.38.